The molecule has 8 heteroatoms. The Hall–Kier alpha value is -1.36. The van der Waals surface area contributed by atoms with Gasteiger partial charge in [0.15, 0.2) is 0 Å². The van der Waals surface area contributed by atoms with Gasteiger partial charge in [0.05, 0.1) is 0 Å². The Morgan fingerprint density at radius 3 is 1.21 bits per heavy atom. The van der Waals surface area contributed by atoms with E-state index in [4.69, 9.17) is 15.3 Å². The van der Waals surface area contributed by atoms with E-state index in [1.54, 1.807) is 0 Å². The Bertz CT molecular complexity index is 311. The van der Waals surface area contributed by atoms with Crippen LogP contribution in [0.15, 0.2) is 0 Å². The van der Waals surface area contributed by atoms with E-state index in [-0.39, 0.29) is 0 Å². The summed E-state index contributed by atoms with van der Waals surface area (Å²) in [7, 11) is 0. The molecule has 0 rings (SSSR count). The molecule has 0 aliphatic carbocycles. The number of rotatable bonds is 3. The summed E-state index contributed by atoms with van der Waals surface area (Å²) in [4.78, 5) is 30.8. The van der Waals surface area contributed by atoms with Gasteiger partial charge in [-0.2, -0.15) is 0 Å². The summed E-state index contributed by atoms with van der Waals surface area (Å²) >= 11 is -3.76. The van der Waals surface area contributed by atoms with E-state index in [0.29, 0.717) is 0 Å². The molecule has 0 aromatic carbocycles. The molecule has 0 aromatic rings. The molecule has 0 saturated heterocycles. The second-order valence-electron chi connectivity index (χ2n) is 2.51. The van der Waals surface area contributed by atoms with E-state index in [1.807, 2.05) is 0 Å². The van der Waals surface area contributed by atoms with Crippen LogP contribution in [0, 0.1) is 4.20 Å². The summed E-state index contributed by atoms with van der Waals surface area (Å²) in [6.45, 7) is 0. The van der Waals surface area contributed by atoms with Crippen LogP contribution in [0.3, 0.4) is 0 Å². The summed E-state index contributed by atoms with van der Waals surface area (Å²) < 4.78 is 9.52. The van der Waals surface area contributed by atoms with Crippen LogP contribution in [0.1, 0.15) is 0 Å². The Labute approximate surface area is 80.8 Å². The third-order valence-corrected chi connectivity index (χ3v) is 4.49. The number of aliphatic carboxylic acids is 3. The fourth-order valence-corrected chi connectivity index (χ4v) is 3.22. The third kappa shape index (κ3) is 5.31. The molecular formula is C6H9MnNO6. The quantitative estimate of drug-likeness (QED) is 0.602. The van der Waals surface area contributed by atoms with Crippen LogP contribution in [0.4, 0.5) is 0 Å². The van der Waals surface area contributed by atoms with Crippen molar-refractivity contribution in [3.8, 4) is 0 Å². The summed E-state index contributed by atoms with van der Waals surface area (Å²) in [6, 6.07) is 0. The molecule has 0 spiro atoms. The fourth-order valence-electron chi connectivity index (χ4n) is 0.780. The van der Waals surface area contributed by atoms with Crippen LogP contribution in [0.5, 0.6) is 0 Å². The van der Waals surface area contributed by atoms with Gasteiger partial charge in [0.2, 0.25) is 0 Å². The van der Waals surface area contributed by atoms with Crippen molar-refractivity contribution in [3.05, 3.63) is 0 Å². The van der Waals surface area contributed by atoms with Crippen molar-refractivity contribution in [2.75, 3.05) is 0 Å². The molecule has 0 aromatic heterocycles. The molecule has 14 heavy (non-hydrogen) atoms. The topological polar surface area (TPSA) is 136 Å². The number of nitrogens with zero attached hydrogens (tertiary/aromatic N) is 1. The normalized spacial score (nSPS) is 10.8. The van der Waals surface area contributed by atoms with Gasteiger partial charge in [0.1, 0.15) is 0 Å². The van der Waals surface area contributed by atoms with Crippen molar-refractivity contribution in [3.63, 3.8) is 0 Å². The minimum absolute atomic E-state index is 0.770. The van der Waals surface area contributed by atoms with Crippen molar-refractivity contribution >= 4 is 17.9 Å². The first-order valence-corrected chi connectivity index (χ1v) is 6.35. The number of carbonyl (C=O) groups is 3. The Morgan fingerprint density at radius 1 is 0.857 bits per heavy atom. The molecule has 0 amide bonds. The predicted molar refractivity (Wildman–Crippen MR) is 39.1 cm³/mol. The van der Waals surface area contributed by atoms with Crippen LogP contribution in [0.25, 0.3) is 0 Å². The van der Waals surface area contributed by atoms with Crippen LogP contribution >= 0.6 is 0 Å². The standard InChI is InChI=1S/3C2H3O2.Mn.N/c3*1-2(3)4;;/h3*1H2,(H,3,4);;. The molecule has 0 atom stereocenters. The van der Waals surface area contributed by atoms with Gasteiger partial charge in [0, 0.05) is 0 Å². The summed E-state index contributed by atoms with van der Waals surface area (Å²) in [5.41, 5.74) is 0. The molecule has 0 aliphatic heterocycles. The number of hydrogen-bond acceptors (Lipinski definition) is 4. The van der Waals surface area contributed by atoms with Gasteiger partial charge in [-0.25, -0.2) is 0 Å². The minimum atomic E-state index is -3.76. The molecule has 0 unspecified atom stereocenters. The fraction of sp³-hybridized carbons (Fsp3) is 0.500. The van der Waals surface area contributed by atoms with Gasteiger partial charge in [-0.05, 0) is 0 Å². The molecule has 81 valence electrons. The van der Waals surface area contributed by atoms with Gasteiger partial charge in [-0.1, -0.05) is 0 Å². The van der Waals surface area contributed by atoms with Gasteiger partial charge in [-0.3, -0.25) is 0 Å². The Balaban J connectivity index is 4.69. The second-order valence-corrected chi connectivity index (χ2v) is 6.65. The van der Waals surface area contributed by atoms with Gasteiger partial charge in [-0.15, -0.1) is 0 Å². The maximum absolute atomic E-state index is 10.3. The number of carboxylic acids is 3. The van der Waals surface area contributed by atoms with Crippen molar-refractivity contribution in [2.45, 2.75) is 16.0 Å². The molecular weight excluding hydrogens is 237 g/mol. The molecule has 0 fully saturated rings. The van der Waals surface area contributed by atoms with E-state index >= 15 is 0 Å². The molecule has 0 heterocycles. The first-order valence-electron chi connectivity index (χ1n) is 3.31. The zero-order valence-electron chi connectivity index (χ0n) is 7.01. The van der Waals surface area contributed by atoms with E-state index in [9.17, 15) is 18.6 Å². The van der Waals surface area contributed by atoms with Crippen LogP contribution < -0.4 is 0 Å². The monoisotopic (exact) mass is 246 g/mol. The number of carboxylic acid groups (broad SMARTS) is 3. The maximum atomic E-state index is 10.3. The van der Waals surface area contributed by atoms with E-state index in [2.05, 4.69) is 0 Å². The van der Waals surface area contributed by atoms with Crippen LogP contribution in [-0.4, -0.2) is 33.2 Å². The van der Waals surface area contributed by atoms with Crippen molar-refractivity contribution in [2.24, 2.45) is 0 Å². The van der Waals surface area contributed by atoms with E-state index in [0.717, 1.165) is 0 Å². The third-order valence-electron chi connectivity index (χ3n) is 1.09. The van der Waals surface area contributed by atoms with Crippen molar-refractivity contribution in [1.82, 2.24) is 0 Å². The summed E-state index contributed by atoms with van der Waals surface area (Å²) in [5.74, 6) is -4.16. The molecule has 3 N–H and O–H groups in total. The average molecular weight is 246 g/mol. The summed E-state index contributed by atoms with van der Waals surface area (Å²) in [5, 5.41) is 22.8. The molecule has 0 aliphatic rings. The van der Waals surface area contributed by atoms with Crippen LogP contribution in [0.2, 0.25) is 16.0 Å². The van der Waals surface area contributed by atoms with Crippen LogP contribution in [-0.2, 0) is 26.9 Å². The Morgan fingerprint density at radius 2 is 1.07 bits per heavy atom. The first kappa shape index (κ1) is 12.6. The molecule has 7 nitrogen and oxygen atoms in total. The Kier molecular flexibility index (Phi) is 4.30. The van der Waals surface area contributed by atoms with Gasteiger partial charge in [0.25, 0.3) is 0 Å². The van der Waals surface area contributed by atoms with Gasteiger partial charge < -0.3 is 0 Å². The number of hydrogen-bond donors (Lipinski definition) is 3. The molecule has 0 bridgehead atoms. The summed E-state index contributed by atoms with van der Waals surface area (Å²) in [6.07, 6.45) is 0. The van der Waals surface area contributed by atoms with Crippen molar-refractivity contribution < 1.29 is 42.2 Å². The molecule has 0 radical (unpaired) electrons. The zero-order valence-corrected chi connectivity index (χ0v) is 8.19. The molecule has 0 saturated carbocycles. The SMILES string of the molecule is [N]#[Mn]([CH2]C(=O)O)([CH2]C(=O)O)[CH2]C(=O)O. The first-order chi connectivity index (χ1) is 6.25. The zero-order chi connectivity index (χ0) is 11.4. The van der Waals surface area contributed by atoms with E-state index < -0.39 is 46.3 Å². The van der Waals surface area contributed by atoms with E-state index in [1.165, 1.54) is 0 Å². The second kappa shape index (κ2) is 4.76. The van der Waals surface area contributed by atoms with Crippen molar-refractivity contribution in [1.29, 1.82) is 4.20 Å². The predicted octanol–water partition coefficient (Wildman–Crippen LogP) is 0.128. The average Bonchev–Trinajstić information content (AvgIpc) is 1.76. The van der Waals surface area contributed by atoms with Gasteiger partial charge >= 0.3 is 80.2 Å².